The summed E-state index contributed by atoms with van der Waals surface area (Å²) in [6.07, 6.45) is 6.48. The standard InChI is InChI=1S/C10H9N3O2/c1-13-5-2-7(6-13)8-9(10(14)15)12-4-3-11-8/h2-6H,1H3,(H,14,15). The highest BCUT2D eigenvalue weighted by Crippen LogP contribution is 2.19. The Bertz CT molecular complexity index is 505. The van der Waals surface area contributed by atoms with Gasteiger partial charge in [-0.2, -0.15) is 0 Å². The van der Waals surface area contributed by atoms with Crippen LogP contribution in [0.1, 0.15) is 10.5 Å². The third kappa shape index (κ3) is 1.71. The minimum absolute atomic E-state index is 0.0244. The van der Waals surface area contributed by atoms with Gasteiger partial charge < -0.3 is 9.67 Å². The molecule has 0 saturated heterocycles. The van der Waals surface area contributed by atoms with E-state index in [1.54, 1.807) is 12.3 Å². The Hall–Kier alpha value is -2.17. The van der Waals surface area contributed by atoms with E-state index < -0.39 is 5.97 Å². The van der Waals surface area contributed by atoms with E-state index in [-0.39, 0.29) is 5.69 Å². The van der Waals surface area contributed by atoms with Crippen molar-refractivity contribution in [3.63, 3.8) is 0 Å². The van der Waals surface area contributed by atoms with Gasteiger partial charge in [-0.05, 0) is 6.07 Å². The number of nitrogens with zero attached hydrogens (tertiary/aromatic N) is 3. The molecule has 15 heavy (non-hydrogen) atoms. The Morgan fingerprint density at radius 1 is 1.40 bits per heavy atom. The average Bonchev–Trinajstić information content (AvgIpc) is 2.65. The van der Waals surface area contributed by atoms with E-state index in [9.17, 15) is 4.79 Å². The lowest BCUT2D eigenvalue weighted by atomic mass is 10.2. The van der Waals surface area contributed by atoms with Gasteiger partial charge in [0.15, 0.2) is 5.69 Å². The zero-order valence-corrected chi connectivity index (χ0v) is 8.08. The van der Waals surface area contributed by atoms with Gasteiger partial charge in [0, 0.05) is 37.4 Å². The van der Waals surface area contributed by atoms with E-state index in [1.165, 1.54) is 12.4 Å². The smallest absolute Gasteiger partial charge is 0.356 e. The number of carboxylic acid groups (broad SMARTS) is 1. The molecule has 2 aromatic heterocycles. The molecule has 0 amide bonds. The largest absolute Gasteiger partial charge is 0.476 e. The van der Waals surface area contributed by atoms with Crippen LogP contribution in [0.2, 0.25) is 0 Å². The number of hydrogen-bond donors (Lipinski definition) is 1. The number of rotatable bonds is 2. The van der Waals surface area contributed by atoms with Gasteiger partial charge in [-0.3, -0.25) is 4.98 Å². The van der Waals surface area contributed by atoms with Crippen molar-refractivity contribution in [3.05, 3.63) is 36.5 Å². The third-order valence-electron chi connectivity index (χ3n) is 2.01. The Morgan fingerprint density at radius 3 is 2.73 bits per heavy atom. The van der Waals surface area contributed by atoms with E-state index in [0.29, 0.717) is 5.69 Å². The van der Waals surface area contributed by atoms with Crippen LogP contribution in [0.15, 0.2) is 30.9 Å². The van der Waals surface area contributed by atoms with Crippen LogP contribution in [0.5, 0.6) is 0 Å². The molecule has 0 fully saturated rings. The first kappa shape index (κ1) is 9.39. The molecule has 0 aromatic carbocycles. The van der Waals surface area contributed by atoms with Gasteiger partial charge in [0.1, 0.15) is 5.69 Å². The van der Waals surface area contributed by atoms with Gasteiger partial charge in [-0.15, -0.1) is 0 Å². The normalized spacial score (nSPS) is 10.2. The van der Waals surface area contributed by atoms with Gasteiger partial charge in [0.2, 0.25) is 0 Å². The zero-order chi connectivity index (χ0) is 10.8. The van der Waals surface area contributed by atoms with Gasteiger partial charge in [-0.25, -0.2) is 9.78 Å². The van der Waals surface area contributed by atoms with Crippen LogP contribution in [0.25, 0.3) is 11.3 Å². The molecule has 5 nitrogen and oxygen atoms in total. The minimum atomic E-state index is -1.07. The van der Waals surface area contributed by atoms with Crippen molar-refractivity contribution in [1.29, 1.82) is 0 Å². The van der Waals surface area contributed by atoms with Crippen LogP contribution in [0, 0.1) is 0 Å². The summed E-state index contributed by atoms with van der Waals surface area (Å²) < 4.78 is 1.83. The summed E-state index contributed by atoms with van der Waals surface area (Å²) in [5.41, 5.74) is 1.12. The summed E-state index contributed by atoms with van der Waals surface area (Å²) in [5.74, 6) is -1.07. The van der Waals surface area contributed by atoms with Gasteiger partial charge in [0.05, 0.1) is 0 Å². The number of aryl methyl sites for hydroxylation is 1. The predicted octanol–water partition coefficient (Wildman–Crippen LogP) is 1.18. The van der Waals surface area contributed by atoms with Crippen molar-refractivity contribution in [3.8, 4) is 11.3 Å². The first-order valence-electron chi connectivity index (χ1n) is 4.35. The molecule has 0 spiro atoms. The monoisotopic (exact) mass is 203 g/mol. The maximum atomic E-state index is 10.9. The van der Waals surface area contributed by atoms with Gasteiger partial charge >= 0.3 is 5.97 Å². The maximum absolute atomic E-state index is 10.9. The molecule has 0 aliphatic heterocycles. The fourth-order valence-corrected chi connectivity index (χ4v) is 1.35. The molecular formula is C10H9N3O2. The Balaban J connectivity index is 2.57. The minimum Gasteiger partial charge on any atom is -0.476 e. The lowest BCUT2D eigenvalue weighted by Gasteiger charge is -2.00. The Morgan fingerprint density at radius 2 is 2.13 bits per heavy atom. The molecule has 0 unspecified atom stereocenters. The van der Waals surface area contributed by atoms with Gasteiger partial charge in [0.25, 0.3) is 0 Å². The van der Waals surface area contributed by atoms with Crippen molar-refractivity contribution >= 4 is 5.97 Å². The summed E-state index contributed by atoms with van der Waals surface area (Å²) in [6.45, 7) is 0. The second-order valence-electron chi connectivity index (χ2n) is 3.12. The molecule has 0 aliphatic carbocycles. The molecule has 0 aliphatic rings. The molecule has 5 heteroatoms. The summed E-state index contributed by atoms with van der Waals surface area (Å²) in [7, 11) is 1.86. The van der Waals surface area contributed by atoms with Crippen LogP contribution >= 0.6 is 0 Å². The Labute approximate surface area is 86.0 Å². The lowest BCUT2D eigenvalue weighted by Crippen LogP contribution is -2.04. The highest BCUT2D eigenvalue weighted by Gasteiger charge is 2.14. The molecule has 76 valence electrons. The topological polar surface area (TPSA) is 68.0 Å². The maximum Gasteiger partial charge on any atom is 0.356 e. The first-order valence-corrected chi connectivity index (χ1v) is 4.35. The molecule has 0 atom stereocenters. The number of carboxylic acids is 1. The Kier molecular flexibility index (Phi) is 2.21. The predicted molar refractivity (Wildman–Crippen MR) is 53.4 cm³/mol. The number of aromatic nitrogens is 3. The van der Waals surface area contributed by atoms with Crippen LogP contribution < -0.4 is 0 Å². The zero-order valence-electron chi connectivity index (χ0n) is 8.08. The van der Waals surface area contributed by atoms with Crippen LogP contribution in [0.4, 0.5) is 0 Å². The van der Waals surface area contributed by atoms with Crippen LogP contribution in [-0.2, 0) is 7.05 Å². The highest BCUT2D eigenvalue weighted by molar-refractivity contribution is 5.92. The molecular weight excluding hydrogens is 194 g/mol. The first-order chi connectivity index (χ1) is 7.18. The second-order valence-corrected chi connectivity index (χ2v) is 3.12. The molecule has 2 heterocycles. The fraction of sp³-hybridized carbons (Fsp3) is 0.100. The third-order valence-corrected chi connectivity index (χ3v) is 2.01. The average molecular weight is 203 g/mol. The van der Waals surface area contributed by atoms with Crippen molar-refractivity contribution in [1.82, 2.24) is 14.5 Å². The molecule has 0 radical (unpaired) electrons. The van der Waals surface area contributed by atoms with Crippen LogP contribution in [0.3, 0.4) is 0 Å². The second kappa shape index (κ2) is 3.53. The summed E-state index contributed by atoms with van der Waals surface area (Å²) in [6, 6.07) is 1.80. The molecule has 0 saturated carbocycles. The van der Waals surface area contributed by atoms with Crippen molar-refractivity contribution in [2.75, 3.05) is 0 Å². The fourth-order valence-electron chi connectivity index (χ4n) is 1.35. The van der Waals surface area contributed by atoms with Crippen molar-refractivity contribution in [2.24, 2.45) is 7.05 Å². The molecule has 0 bridgehead atoms. The van der Waals surface area contributed by atoms with E-state index >= 15 is 0 Å². The number of hydrogen-bond acceptors (Lipinski definition) is 3. The van der Waals surface area contributed by atoms with E-state index in [0.717, 1.165) is 5.56 Å². The molecule has 2 aromatic rings. The number of carbonyl (C=O) groups is 1. The van der Waals surface area contributed by atoms with E-state index in [1.807, 2.05) is 17.8 Å². The SMILES string of the molecule is Cn1ccc(-c2nccnc2C(=O)O)c1. The number of aromatic carboxylic acids is 1. The molecule has 2 rings (SSSR count). The van der Waals surface area contributed by atoms with Crippen molar-refractivity contribution < 1.29 is 9.90 Å². The summed E-state index contributed by atoms with van der Waals surface area (Å²) in [4.78, 5) is 18.7. The summed E-state index contributed by atoms with van der Waals surface area (Å²) in [5, 5.41) is 8.92. The summed E-state index contributed by atoms with van der Waals surface area (Å²) >= 11 is 0. The van der Waals surface area contributed by atoms with E-state index in [2.05, 4.69) is 9.97 Å². The van der Waals surface area contributed by atoms with Crippen molar-refractivity contribution in [2.45, 2.75) is 0 Å². The quantitative estimate of drug-likeness (QED) is 0.795. The molecule has 1 N–H and O–H groups in total. The lowest BCUT2D eigenvalue weighted by molar-refractivity contribution is 0.0691. The van der Waals surface area contributed by atoms with E-state index in [4.69, 9.17) is 5.11 Å². The van der Waals surface area contributed by atoms with Crippen LogP contribution in [-0.4, -0.2) is 25.6 Å². The highest BCUT2D eigenvalue weighted by atomic mass is 16.4. The van der Waals surface area contributed by atoms with Gasteiger partial charge in [-0.1, -0.05) is 0 Å².